The maximum Gasteiger partial charge on any atom is 0.243 e. The van der Waals surface area contributed by atoms with Crippen LogP contribution in [0.5, 0.6) is 0 Å². The van der Waals surface area contributed by atoms with Crippen molar-refractivity contribution >= 4 is 75.9 Å². The van der Waals surface area contributed by atoms with E-state index in [0.717, 1.165) is 36.6 Å². The first kappa shape index (κ1) is 101. The summed E-state index contributed by atoms with van der Waals surface area (Å²) in [7, 11) is 0. The molecule has 39 nitrogen and oxygen atoms in total. The highest BCUT2D eigenvalue weighted by Gasteiger charge is 2.45. The van der Waals surface area contributed by atoms with Crippen LogP contribution in [0.1, 0.15) is 205 Å². The van der Waals surface area contributed by atoms with Gasteiger partial charge in [-0.3, -0.25) is 79.1 Å². The third-order valence-electron chi connectivity index (χ3n) is 22.0. The van der Waals surface area contributed by atoms with Gasteiger partial charge >= 0.3 is 0 Å². The summed E-state index contributed by atoms with van der Waals surface area (Å²) in [4.78, 5) is 155. The van der Waals surface area contributed by atoms with Crippen molar-refractivity contribution in [2.75, 3.05) is 32.8 Å². The molecule has 10 amide bonds. The zero-order chi connectivity index (χ0) is 89.0. The Balaban J connectivity index is 1.19. The summed E-state index contributed by atoms with van der Waals surface area (Å²) in [5, 5.41) is 127. The van der Waals surface area contributed by atoms with Gasteiger partial charge in [-0.2, -0.15) is 0 Å². The summed E-state index contributed by atoms with van der Waals surface area (Å²) in [6.45, 7) is 3.63. The highest BCUT2D eigenvalue weighted by molar-refractivity contribution is 5.97. The zero-order valence-corrected chi connectivity index (χ0v) is 70.7. The lowest BCUT2D eigenvalue weighted by Gasteiger charge is -2.39. The average Bonchev–Trinajstić information content (AvgIpc) is 1.59. The summed E-state index contributed by atoms with van der Waals surface area (Å²) in [5.74, 6) is -8.28. The third-order valence-corrected chi connectivity index (χ3v) is 22.0. The van der Waals surface area contributed by atoms with Gasteiger partial charge in [-0.25, -0.2) is 4.98 Å². The molecule has 6 rings (SSSR count). The number of carbonyl (C=O) groups is 10. The fraction of sp³-hybridized carbons (Fsp3) is 0.663. The van der Waals surface area contributed by atoms with Crippen molar-refractivity contribution in [1.29, 1.82) is 0 Å². The number of carbonyl (C=O) groups excluding carboxylic acids is 10. The number of aromatic amines is 2. The SMILES string of the molecule is CCCCCCCCCCCCCCCC(=O)NCC(=O)N[C@@H](CO)[C@H](O)N[C@H](CC(N)=O)C(=O)N[C@@H](Cc1cnc[nH]1)[C@H](O)N[C@@H](C(C)O)[C@H](O)N[C@@H](CCCC)[C@H](O)N[C@H]1CCC(=O)NCCCC[C@@H](C(N)=O)NC(=O)[C@H](Cc2c[nH]c3ccccc23)NC(=O)[C@H](CCCN=C(N)N)NC(=O)[C@@H](Cc2ccccc2)NC(=O)[C@@H]2C[C@@H](O)CN2[C@H]1O. The van der Waals surface area contributed by atoms with Crippen LogP contribution < -0.4 is 86.7 Å². The number of rotatable bonds is 49. The smallest absolute Gasteiger partial charge is 0.243 e. The van der Waals surface area contributed by atoms with Crippen molar-refractivity contribution < 1.29 is 88.8 Å². The number of benzene rings is 2. The maximum absolute atomic E-state index is 15.1. The number of nitrogens with one attached hydrogen (secondary N) is 14. The van der Waals surface area contributed by atoms with Gasteiger partial charge in [-0.15, -0.1) is 0 Å². The lowest BCUT2D eigenvalue weighted by Crippen LogP contribution is -2.66. The van der Waals surface area contributed by atoms with Crippen molar-refractivity contribution in [2.24, 2.45) is 27.9 Å². The minimum absolute atomic E-state index is 0.00247. The van der Waals surface area contributed by atoms with Crippen LogP contribution in [0.3, 0.4) is 0 Å². The molecule has 1 unspecified atom stereocenters. The van der Waals surface area contributed by atoms with Crippen LogP contribution in [0.15, 0.2) is 78.3 Å². The molecule has 682 valence electrons. The fourth-order valence-corrected chi connectivity index (χ4v) is 15.1. The first-order valence-corrected chi connectivity index (χ1v) is 43.2. The fourth-order valence-electron chi connectivity index (χ4n) is 15.1. The van der Waals surface area contributed by atoms with E-state index >= 15 is 9.59 Å². The molecule has 2 aromatic heterocycles. The number of hydrogen-bond donors (Lipinski definition) is 26. The van der Waals surface area contributed by atoms with Crippen molar-refractivity contribution in [3.63, 3.8) is 0 Å². The predicted molar refractivity (Wildman–Crippen MR) is 455 cm³/mol. The second kappa shape index (κ2) is 55.0. The van der Waals surface area contributed by atoms with Crippen molar-refractivity contribution in [3.8, 4) is 0 Å². The minimum atomic E-state index is -1.93. The summed E-state index contributed by atoms with van der Waals surface area (Å²) < 4.78 is 0. The van der Waals surface area contributed by atoms with Gasteiger partial charge in [0.2, 0.25) is 59.1 Å². The summed E-state index contributed by atoms with van der Waals surface area (Å²) in [5.41, 5.74) is 25.1. The van der Waals surface area contributed by atoms with Crippen LogP contribution in [-0.4, -0.2) is 268 Å². The van der Waals surface area contributed by atoms with Gasteiger partial charge in [-0.05, 0) is 81.9 Å². The predicted octanol–water partition coefficient (Wildman–Crippen LogP) is -2.66. The molecular weight excluding hydrogens is 1580 g/mol. The Kier molecular flexibility index (Phi) is 45.7. The largest absolute Gasteiger partial charge is 0.394 e. The number of aliphatic hydroxyl groups is 8. The van der Waals surface area contributed by atoms with Crippen LogP contribution in [0, 0.1) is 0 Å². The van der Waals surface area contributed by atoms with Crippen molar-refractivity contribution in [2.45, 2.75) is 317 Å². The molecule has 2 aromatic carbocycles. The Labute approximate surface area is 713 Å². The van der Waals surface area contributed by atoms with E-state index in [9.17, 15) is 79.2 Å². The van der Waals surface area contributed by atoms with E-state index in [1.54, 1.807) is 42.6 Å². The molecule has 30 N–H and O–H groups in total. The number of H-pyrrole nitrogens is 2. The van der Waals surface area contributed by atoms with Gasteiger partial charge in [0, 0.05) is 92.8 Å². The molecular formula is C83H137N21O18. The lowest BCUT2D eigenvalue weighted by atomic mass is 10.0. The zero-order valence-electron chi connectivity index (χ0n) is 70.7. The van der Waals surface area contributed by atoms with Crippen molar-refractivity contribution in [3.05, 3.63) is 90.1 Å². The molecule has 4 heterocycles. The normalized spacial score (nSPS) is 22.0. The summed E-state index contributed by atoms with van der Waals surface area (Å²) >= 11 is 0. The number of hydrogen-bond acceptors (Lipinski definition) is 25. The number of imidazole rings is 1. The Bertz CT molecular complexity index is 3840. The van der Waals surface area contributed by atoms with Gasteiger partial charge < -0.3 is 116 Å². The van der Waals surface area contributed by atoms with Crippen LogP contribution in [0.25, 0.3) is 10.9 Å². The quantitative estimate of drug-likeness (QED) is 0.00929. The molecule has 2 aliphatic rings. The molecule has 122 heavy (non-hydrogen) atoms. The molecule has 39 heteroatoms. The highest BCUT2D eigenvalue weighted by atomic mass is 16.3. The summed E-state index contributed by atoms with van der Waals surface area (Å²) in [6.07, 6.45) is 6.35. The topological polar surface area (TPSA) is 641 Å². The molecule has 0 bridgehead atoms. The highest BCUT2D eigenvalue weighted by Crippen LogP contribution is 2.26. The van der Waals surface area contributed by atoms with E-state index in [-0.39, 0.29) is 115 Å². The second-order valence-corrected chi connectivity index (χ2v) is 32.1. The summed E-state index contributed by atoms with van der Waals surface area (Å²) in [6, 6.07) is 0.0597. The first-order chi connectivity index (χ1) is 58.5. The van der Waals surface area contributed by atoms with E-state index < -0.39 is 183 Å². The Morgan fingerprint density at radius 3 is 1.93 bits per heavy atom. The number of guanidine groups is 1. The maximum atomic E-state index is 15.1. The van der Waals surface area contributed by atoms with E-state index in [1.807, 2.05) is 25.1 Å². The third kappa shape index (κ3) is 36.2. The van der Waals surface area contributed by atoms with Gasteiger partial charge in [-0.1, -0.05) is 152 Å². The van der Waals surface area contributed by atoms with E-state index in [0.29, 0.717) is 36.1 Å². The van der Waals surface area contributed by atoms with E-state index in [1.165, 1.54) is 75.7 Å². The van der Waals surface area contributed by atoms with Crippen molar-refractivity contribution in [1.82, 2.24) is 83.7 Å². The van der Waals surface area contributed by atoms with E-state index in [4.69, 9.17) is 22.9 Å². The number of unbranched alkanes of at least 4 members (excludes halogenated alkanes) is 13. The molecule has 0 spiro atoms. The number of para-hydroxylation sites is 1. The van der Waals surface area contributed by atoms with Crippen LogP contribution in [-0.2, 0) is 67.2 Å². The van der Waals surface area contributed by atoms with Gasteiger partial charge in [0.1, 0.15) is 55.3 Å². The molecule has 0 radical (unpaired) electrons. The van der Waals surface area contributed by atoms with Crippen LogP contribution in [0.2, 0.25) is 0 Å². The number of fused-ring (bicyclic) bond motifs is 2. The number of aliphatic hydroxyl groups excluding tert-OH is 8. The van der Waals surface area contributed by atoms with Gasteiger partial charge in [0.25, 0.3) is 0 Å². The van der Waals surface area contributed by atoms with Crippen LogP contribution in [0.4, 0.5) is 0 Å². The Morgan fingerprint density at radius 2 is 1.28 bits per heavy atom. The molecule has 0 saturated carbocycles. The number of amides is 10. The number of aliphatic imine (C=N–C) groups is 1. The molecule has 0 aliphatic carbocycles. The number of nitrogens with zero attached hydrogens (tertiary/aromatic N) is 3. The Morgan fingerprint density at radius 1 is 0.648 bits per heavy atom. The molecule has 2 aliphatic heterocycles. The molecule has 4 aromatic rings. The average molecular weight is 1720 g/mol. The number of aromatic nitrogens is 3. The number of nitrogens with two attached hydrogens (primary N) is 4. The first-order valence-electron chi connectivity index (χ1n) is 43.2. The minimum Gasteiger partial charge on any atom is -0.394 e. The van der Waals surface area contributed by atoms with Gasteiger partial charge in [0.05, 0.1) is 68.3 Å². The molecule has 2 saturated heterocycles. The molecule has 2 fully saturated rings. The molecule has 18 atom stereocenters. The standard InChI is InChI=1S/C83H137N21O18/c1-4-6-8-9-10-11-12-13-14-15-16-17-21-34-68(109)92-46-70(111)94-65(48-105)79(119)101-64(43-67(84)108)77(117)100-63(41-53-45-88-49-93-53)78(118)103-71(50(3)106)81(121)97-58(30-7-5-2)73(113)98-60-35-36-69(110)89-37-25-24-32-57(72(85)112)95-76(116)62(40-52-44-91-56-31-23-22-29-55(52)56)99-74(114)59(33-26-38-90-83(86)87)96-75(115)61(39-51-27-19-18-20-28-51)102-80(120)66-42-54(107)47-104(66)82(60)122/h18-20,22-23,27-29,31,44-45,49-50,54,57-66,71,73,78-79,81-82,91,97-98,101,103,105-107,113,118-119,121-122H,4-17,21,24-26,30,32-43,46-48H2,1-3H3,(H2,84,108)(H2,85,112)(H,88,93)(H,89,110)(H,92,109)(H,94,111)(H,95,116)(H,96,115)(H,99,114)(H,100,117)(H,102,120)(H4,86,87,90)/t50?,54-,57+,58+,59+,60+,61-,62+,63+,64-,65+,66+,71+,73+,78+,79+,81+,82+/m1/s1. The second-order valence-electron chi connectivity index (χ2n) is 32.1. The van der Waals surface area contributed by atoms with E-state index in [2.05, 4.69) is 90.7 Å². The Hall–Kier alpha value is -9.36. The monoisotopic (exact) mass is 1720 g/mol. The lowest BCUT2D eigenvalue weighted by molar-refractivity contribution is -0.137. The van der Waals surface area contributed by atoms with Crippen LogP contribution >= 0.6 is 0 Å². The number of primary amides is 2. The van der Waals surface area contributed by atoms with Gasteiger partial charge in [0.15, 0.2) is 5.96 Å².